The van der Waals surface area contributed by atoms with Crippen molar-refractivity contribution in [3.05, 3.63) is 49.3 Å². The lowest BCUT2D eigenvalue weighted by molar-refractivity contribution is -0.0735. The van der Waals surface area contributed by atoms with Crippen LogP contribution in [0, 0.1) is 10.4 Å². The first kappa shape index (κ1) is 23.7. The summed E-state index contributed by atoms with van der Waals surface area (Å²) in [5.41, 5.74) is 14.7. The third-order valence-electron chi connectivity index (χ3n) is 5.73. The number of rotatable bonds is 8. The monoisotopic (exact) mass is 494 g/mol. The molecule has 3 unspecified atom stereocenters. The third-order valence-corrected chi connectivity index (χ3v) is 6.67. The number of carbonyl (C=O) groups excluding carboxylic acids is 1. The molecule has 1 fully saturated rings. The number of ether oxygens (including phenoxy) is 1. The lowest BCUT2D eigenvalue weighted by Crippen LogP contribution is -2.59. The van der Waals surface area contributed by atoms with Crippen molar-refractivity contribution in [2.75, 3.05) is 11.9 Å². The second kappa shape index (κ2) is 9.05. The van der Waals surface area contributed by atoms with Crippen LogP contribution >= 0.6 is 11.3 Å². The maximum Gasteiger partial charge on any atom is 0.311 e. The van der Waals surface area contributed by atoms with Crippen LogP contribution in [0.2, 0.25) is 0 Å². The highest BCUT2D eigenvalue weighted by molar-refractivity contribution is 7.12. The highest BCUT2D eigenvalue weighted by Crippen LogP contribution is 2.48. The molecule has 5 atom stereocenters. The number of nitroso groups, excluding NO2 is 1. The molecule has 2 aliphatic rings. The summed E-state index contributed by atoms with van der Waals surface area (Å²) < 4.78 is 7.06. The molecule has 0 aliphatic carbocycles. The van der Waals surface area contributed by atoms with E-state index in [1.165, 1.54) is 6.07 Å². The van der Waals surface area contributed by atoms with Gasteiger partial charge in [-0.1, -0.05) is 39.9 Å². The van der Waals surface area contributed by atoms with Crippen molar-refractivity contribution in [3.8, 4) is 5.75 Å². The van der Waals surface area contributed by atoms with Gasteiger partial charge in [0.2, 0.25) is 6.29 Å². The minimum absolute atomic E-state index is 0.00967. The number of hydrazine groups is 1. The molecule has 16 nitrogen and oxygen atoms in total. The van der Waals surface area contributed by atoms with E-state index in [4.69, 9.17) is 32.6 Å². The number of thiazole rings is 1. The summed E-state index contributed by atoms with van der Waals surface area (Å²) in [4.78, 5) is 41.3. The zero-order valence-electron chi connectivity index (χ0n) is 17.5. The van der Waals surface area contributed by atoms with Gasteiger partial charge in [0.25, 0.3) is 5.91 Å². The molecule has 0 radical (unpaired) electrons. The molecule has 17 heteroatoms. The van der Waals surface area contributed by atoms with Crippen molar-refractivity contribution in [1.82, 2.24) is 15.0 Å². The van der Waals surface area contributed by atoms with Crippen molar-refractivity contribution in [2.45, 2.75) is 36.7 Å². The minimum atomic E-state index is -1.60. The summed E-state index contributed by atoms with van der Waals surface area (Å²) >= 11 is 0.596. The summed E-state index contributed by atoms with van der Waals surface area (Å²) in [6.45, 7) is -0.278. The van der Waals surface area contributed by atoms with Gasteiger partial charge in [-0.2, -0.15) is 10.4 Å². The van der Waals surface area contributed by atoms with Gasteiger partial charge in [-0.25, -0.2) is 22.2 Å². The van der Waals surface area contributed by atoms with Gasteiger partial charge in [-0.15, -0.1) is 0 Å². The van der Waals surface area contributed by atoms with E-state index >= 15 is 0 Å². The molecule has 2 aromatic rings. The van der Waals surface area contributed by atoms with Gasteiger partial charge >= 0.3 is 4.87 Å². The number of benzene rings is 1. The number of aromatic hydroxyl groups is 1. The Kier molecular flexibility index (Phi) is 6.30. The second-order valence-corrected chi connectivity index (χ2v) is 8.69. The molecule has 182 valence electrons. The highest BCUT2D eigenvalue weighted by atomic mass is 32.1. The Morgan fingerprint density at radius 3 is 2.82 bits per heavy atom. The molecular formula is C17H22N10O6S. The molecule has 4 rings (SSSR count). The number of phenols is 1. The number of hydrogen-bond donors (Lipinski definition) is 7. The molecule has 1 amide bonds. The Morgan fingerprint density at radius 2 is 2.18 bits per heavy atom. The fraction of sp³-hybridized carbons (Fsp3) is 0.412. The first-order valence-corrected chi connectivity index (χ1v) is 10.7. The molecule has 0 spiro atoms. The van der Waals surface area contributed by atoms with Crippen molar-refractivity contribution >= 4 is 23.1 Å². The Morgan fingerprint density at radius 1 is 1.44 bits per heavy atom. The molecular weight excluding hydrogens is 472 g/mol. The summed E-state index contributed by atoms with van der Waals surface area (Å²) in [5.74, 6) is 10.5. The van der Waals surface area contributed by atoms with E-state index in [9.17, 15) is 19.6 Å². The van der Waals surface area contributed by atoms with Crippen molar-refractivity contribution in [2.24, 2.45) is 27.9 Å². The van der Waals surface area contributed by atoms with Gasteiger partial charge < -0.3 is 20.9 Å². The van der Waals surface area contributed by atoms with Crippen LogP contribution in [0.25, 0.3) is 0 Å². The van der Waals surface area contributed by atoms with Gasteiger partial charge in [0.05, 0.1) is 11.6 Å². The minimum Gasteiger partial charge on any atom is -0.508 e. The topological polar surface area (TPSA) is 249 Å². The predicted octanol–water partition coefficient (Wildman–Crippen LogP) is -0.441. The Balaban J connectivity index is 1.86. The Bertz CT molecular complexity index is 1170. The van der Waals surface area contributed by atoms with E-state index in [0.717, 1.165) is 9.58 Å². The van der Waals surface area contributed by atoms with E-state index in [2.05, 4.69) is 21.1 Å². The number of para-hydroxylation sites is 1. The van der Waals surface area contributed by atoms with E-state index in [1.54, 1.807) is 18.2 Å². The quantitative estimate of drug-likeness (QED) is 0.0814. The van der Waals surface area contributed by atoms with Crippen molar-refractivity contribution in [1.29, 1.82) is 5.53 Å². The van der Waals surface area contributed by atoms with Crippen LogP contribution in [-0.2, 0) is 9.57 Å². The number of amides is 1. The average molecular weight is 494 g/mol. The summed E-state index contributed by atoms with van der Waals surface area (Å²) in [5, 5.41) is 19.8. The number of carbonyl (C=O) groups is 1. The summed E-state index contributed by atoms with van der Waals surface area (Å²) in [6, 6.07) is 6.18. The van der Waals surface area contributed by atoms with Gasteiger partial charge in [0.1, 0.15) is 29.1 Å². The lowest BCUT2D eigenvalue weighted by atomic mass is 9.83. The molecule has 1 aromatic heterocycles. The van der Waals surface area contributed by atoms with Crippen LogP contribution in [-0.4, -0.2) is 45.1 Å². The normalized spacial score (nSPS) is 27.1. The molecule has 2 aliphatic heterocycles. The van der Waals surface area contributed by atoms with E-state index in [-0.39, 0.29) is 35.0 Å². The van der Waals surface area contributed by atoms with E-state index < -0.39 is 41.0 Å². The number of aromatic nitrogens is 1. The number of anilines is 1. The highest BCUT2D eigenvalue weighted by Gasteiger charge is 2.55. The van der Waals surface area contributed by atoms with E-state index in [0.29, 0.717) is 11.3 Å². The van der Waals surface area contributed by atoms with Gasteiger partial charge in [-0.3, -0.25) is 19.0 Å². The zero-order chi connectivity index (χ0) is 24.6. The maximum absolute atomic E-state index is 13.1. The van der Waals surface area contributed by atoms with Crippen LogP contribution in [0.1, 0.15) is 34.0 Å². The Labute approximate surface area is 195 Å². The Hall–Kier alpha value is -3.48. The van der Waals surface area contributed by atoms with Crippen LogP contribution < -0.4 is 33.1 Å². The summed E-state index contributed by atoms with van der Waals surface area (Å²) in [7, 11) is 0. The maximum atomic E-state index is 13.1. The first-order chi connectivity index (χ1) is 16.3. The molecule has 0 bridgehead atoms. The smallest absolute Gasteiger partial charge is 0.311 e. The number of nitrogens with two attached hydrogens (primary N) is 3. The predicted molar refractivity (Wildman–Crippen MR) is 117 cm³/mol. The first-order valence-electron chi connectivity index (χ1n) is 9.85. The fourth-order valence-corrected chi connectivity index (χ4v) is 5.15. The van der Waals surface area contributed by atoms with Crippen molar-refractivity contribution < 1.29 is 19.5 Å². The second-order valence-electron chi connectivity index (χ2n) is 7.73. The van der Waals surface area contributed by atoms with Gasteiger partial charge in [-0.05, 0) is 6.07 Å². The largest absolute Gasteiger partial charge is 0.508 e. The molecule has 34 heavy (non-hydrogen) atoms. The molecule has 3 heterocycles. The standard InChI is InChI=1S/C17H22N10O6S/c18-17(11(33-21)8-3-1-2-4-9(8)28)5-7(6-22-31)32-14(17)26-12-10(34-16(26)30)13(29)27(20)15(23-12)24-25-19/h1-4,7,11,14-15,23,28H,5-6,18,20-21H2,(H2,19,24)/t7?,11?,14-,15?,17-/m1/s1. The number of fused-ring (bicyclic) bond motifs is 1. The van der Waals surface area contributed by atoms with Gasteiger partial charge in [0.15, 0.2) is 6.23 Å². The SMILES string of the molecule is N=NNC1Nc2c(sc(=O)n2[C@@H]2OC(CN=O)C[C@@]2(N)C(ON)c2ccccc2O)C(=O)N1N. The molecule has 0 saturated carbocycles. The average Bonchev–Trinajstić information content (AvgIpc) is 3.30. The van der Waals surface area contributed by atoms with Crippen molar-refractivity contribution in [3.63, 3.8) is 0 Å². The van der Waals surface area contributed by atoms with Crippen LogP contribution in [0.3, 0.4) is 0 Å². The summed E-state index contributed by atoms with van der Waals surface area (Å²) in [6.07, 6.45) is -4.50. The fourth-order valence-electron chi connectivity index (χ4n) is 4.25. The van der Waals surface area contributed by atoms with E-state index in [1.807, 2.05) is 0 Å². The van der Waals surface area contributed by atoms with Crippen LogP contribution in [0.15, 0.2) is 39.5 Å². The third kappa shape index (κ3) is 3.69. The number of nitrogens with zero attached hydrogens (tertiary/aromatic N) is 4. The van der Waals surface area contributed by atoms with Crippen LogP contribution in [0.5, 0.6) is 5.75 Å². The lowest BCUT2D eigenvalue weighted by Gasteiger charge is -2.38. The number of hydrogen-bond acceptors (Lipinski definition) is 14. The van der Waals surface area contributed by atoms with Crippen LogP contribution in [0.4, 0.5) is 5.82 Å². The molecule has 1 saturated heterocycles. The molecule has 10 N–H and O–H groups in total. The van der Waals surface area contributed by atoms with Gasteiger partial charge in [0, 0.05) is 12.0 Å². The number of nitrogens with one attached hydrogen (secondary N) is 3. The zero-order valence-corrected chi connectivity index (χ0v) is 18.3. The number of phenolic OH excluding ortho intramolecular Hbond substituents is 1. The molecule has 1 aromatic carbocycles.